The van der Waals surface area contributed by atoms with Crippen LogP contribution in [0, 0.1) is 5.82 Å². The Kier molecular flexibility index (Phi) is 5.17. The summed E-state index contributed by atoms with van der Waals surface area (Å²) in [4.78, 5) is 27.3. The van der Waals surface area contributed by atoms with E-state index in [1.54, 1.807) is 36.4 Å². The van der Waals surface area contributed by atoms with Gasteiger partial charge in [-0.25, -0.2) is 4.39 Å². The van der Waals surface area contributed by atoms with E-state index in [0.717, 1.165) is 12.1 Å². The lowest BCUT2D eigenvalue weighted by atomic mass is 9.94. The number of anilines is 1. The quantitative estimate of drug-likeness (QED) is 0.377. The summed E-state index contributed by atoms with van der Waals surface area (Å²) in [5.41, 5.74) is 0.956. The number of amides is 1. The van der Waals surface area contributed by atoms with Crippen molar-refractivity contribution in [2.24, 2.45) is 0 Å². The molecule has 1 aliphatic rings. The van der Waals surface area contributed by atoms with Gasteiger partial charge in [0.2, 0.25) is 0 Å². The van der Waals surface area contributed by atoms with E-state index in [-0.39, 0.29) is 22.6 Å². The number of ether oxygens (including phenoxy) is 1. The molecule has 0 aromatic heterocycles. The number of aliphatic hydroxyl groups is 1. The summed E-state index contributed by atoms with van der Waals surface area (Å²) >= 11 is 0. The molecule has 1 atom stereocenters. The highest BCUT2D eigenvalue weighted by atomic mass is 19.1. The van der Waals surface area contributed by atoms with Crippen LogP contribution in [-0.4, -0.2) is 29.0 Å². The third-order valence-electron chi connectivity index (χ3n) is 5.12. The molecule has 0 unspecified atom stereocenters. The van der Waals surface area contributed by atoms with Crippen molar-refractivity contribution in [2.45, 2.75) is 6.04 Å². The zero-order valence-corrected chi connectivity index (χ0v) is 16.4. The second kappa shape index (κ2) is 7.95. The van der Waals surface area contributed by atoms with Crippen molar-refractivity contribution < 1.29 is 28.9 Å². The van der Waals surface area contributed by atoms with Gasteiger partial charge in [-0.1, -0.05) is 24.3 Å². The molecule has 0 saturated carbocycles. The Morgan fingerprint density at radius 3 is 2.32 bits per heavy atom. The molecule has 31 heavy (non-hydrogen) atoms. The maximum Gasteiger partial charge on any atom is 0.300 e. The number of carbonyl (C=O) groups is 2. The molecule has 1 saturated heterocycles. The number of rotatable bonds is 4. The first-order valence-corrected chi connectivity index (χ1v) is 9.41. The number of ketones is 1. The van der Waals surface area contributed by atoms with Gasteiger partial charge in [-0.15, -0.1) is 0 Å². The molecular weight excluding hydrogens is 401 g/mol. The van der Waals surface area contributed by atoms with Crippen LogP contribution in [0.3, 0.4) is 0 Å². The van der Waals surface area contributed by atoms with E-state index in [0.29, 0.717) is 11.3 Å². The minimum atomic E-state index is -0.984. The highest BCUT2D eigenvalue weighted by molar-refractivity contribution is 6.51. The molecule has 0 spiro atoms. The van der Waals surface area contributed by atoms with Gasteiger partial charge in [0, 0.05) is 11.3 Å². The van der Waals surface area contributed by atoms with Crippen LogP contribution in [-0.2, 0) is 9.59 Å². The number of hydrogen-bond donors (Lipinski definition) is 2. The van der Waals surface area contributed by atoms with E-state index in [9.17, 15) is 24.2 Å². The Morgan fingerprint density at radius 2 is 1.68 bits per heavy atom. The first-order valence-electron chi connectivity index (χ1n) is 9.41. The summed E-state index contributed by atoms with van der Waals surface area (Å²) in [5.74, 6) is -2.57. The summed E-state index contributed by atoms with van der Waals surface area (Å²) in [6, 6.07) is 17.0. The van der Waals surface area contributed by atoms with Gasteiger partial charge in [0.1, 0.15) is 11.6 Å². The first kappa shape index (κ1) is 20.2. The molecule has 1 fully saturated rings. The van der Waals surface area contributed by atoms with Gasteiger partial charge in [0.05, 0.1) is 18.7 Å². The van der Waals surface area contributed by atoms with Crippen molar-refractivity contribution in [3.8, 4) is 11.5 Å². The number of aromatic hydroxyl groups is 1. The molecule has 0 radical (unpaired) electrons. The minimum absolute atomic E-state index is 0.110. The van der Waals surface area contributed by atoms with Crippen molar-refractivity contribution in [1.29, 1.82) is 0 Å². The zero-order valence-electron chi connectivity index (χ0n) is 16.4. The number of aliphatic hydroxyl groups excluding tert-OH is 1. The Hall–Kier alpha value is -4.13. The second-order valence-electron chi connectivity index (χ2n) is 6.94. The summed E-state index contributed by atoms with van der Waals surface area (Å²) in [5, 5.41) is 20.9. The van der Waals surface area contributed by atoms with Gasteiger partial charge >= 0.3 is 0 Å². The number of nitrogens with zero attached hydrogens (tertiary/aromatic N) is 1. The molecule has 0 aliphatic carbocycles. The monoisotopic (exact) mass is 419 g/mol. The van der Waals surface area contributed by atoms with Crippen LogP contribution in [0.15, 0.2) is 78.4 Å². The van der Waals surface area contributed by atoms with Crippen LogP contribution in [0.25, 0.3) is 5.76 Å². The minimum Gasteiger partial charge on any atom is -0.507 e. The summed E-state index contributed by atoms with van der Waals surface area (Å²) in [6.07, 6.45) is 0. The Morgan fingerprint density at radius 1 is 1.00 bits per heavy atom. The molecule has 1 aliphatic heterocycles. The summed E-state index contributed by atoms with van der Waals surface area (Å²) in [6.45, 7) is 0. The van der Waals surface area contributed by atoms with Crippen molar-refractivity contribution in [3.05, 3.63) is 95.3 Å². The predicted octanol–water partition coefficient (Wildman–Crippen LogP) is 4.17. The predicted molar refractivity (Wildman–Crippen MR) is 112 cm³/mol. The molecule has 3 aromatic carbocycles. The number of hydrogen-bond acceptors (Lipinski definition) is 5. The number of benzene rings is 3. The smallest absolute Gasteiger partial charge is 0.300 e. The molecule has 156 valence electrons. The van der Waals surface area contributed by atoms with E-state index in [1.165, 1.54) is 36.3 Å². The Bertz CT molecular complexity index is 1190. The van der Waals surface area contributed by atoms with Crippen molar-refractivity contribution in [3.63, 3.8) is 0 Å². The first-order chi connectivity index (χ1) is 14.9. The van der Waals surface area contributed by atoms with Gasteiger partial charge in [-0.2, -0.15) is 0 Å². The van der Waals surface area contributed by atoms with Gasteiger partial charge in [0.25, 0.3) is 11.7 Å². The summed E-state index contributed by atoms with van der Waals surface area (Å²) in [7, 11) is 1.38. The molecule has 1 amide bonds. The molecule has 6 nitrogen and oxygen atoms in total. The van der Waals surface area contributed by atoms with Gasteiger partial charge in [-0.3, -0.25) is 14.5 Å². The average Bonchev–Trinajstić information content (AvgIpc) is 3.05. The number of halogens is 1. The van der Waals surface area contributed by atoms with Crippen LogP contribution in [0.1, 0.15) is 17.2 Å². The van der Waals surface area contributed by atoms with E-state index < -0.39 is 29.3 Å². The molecular formula is C24H18FNO5. The second-order valence-corrected chi connectivity index (χ2v) is 6.94. The number of carbonyl (C=O) groups excluding carboxylic acids is 2. The Labute approximate surface area is 177 Å². The normalized spacial score (nSPS) is 17.7. The molecule has 7 heteroatoms. The van der Waals surface area contributed by atoms with E-state index in [2.05, 4.69) is 0 Å². The maximum atomic E-state index is 13.3. The fraction of sp³-hybridized carbons (Fsp3) is 0.0833. The van der Waals surface area contributed by atoms with Gasteiger partial charge in [-0.05, 0) is 54.1 Å². The molecule has 4 rings (SSSR count). The van der Waals surface area contributed by atoms with Crippen molar-refractivity contribution in [2.75, 3.05) is 12.0 Å². The molecule has 3 aromatic rings. The highest BCUT2D eigenvalue weighted by Gasteiger charge is 2.47. The standard InChI is InChI=1S/C24H18FNO5/c1-31-19-13-15(9-12-18(19)27)21-20(22(28)14-7-10-16(25)11-8-14)23(29)24(30)26(21)17-5-3-2-4-6-17/h2-13,21,27-28H,1H3/t21-/m0/s1. The van der Waals surface area contributed by atoms with Crippen LogP contribution < -0.4 is 9.64 Å². The number of para-hydroxylation sites is 1. The lowest BCUT2D eigenvalue weighted by molar-refractivity contribution is -0.132. The van der Waals surface area contributed by atoms with Gasteiger partial charge in [0.15, 0.2) is 11.5 Å². The fourth-order valence-electron chi connectivity index (χ4n) is 3.63. The number of methoxy groups -OCH3 is 1. The number of phenolic OH excluding ortho intramolecular Hbond substituents is 1. The average molecular weight is 419 g/mol. The SMILES string of the molecule is COc1cc([C@H]2C(=C(O)c3ccc(F)cc3)C(=O)C(=O)N2c2ccccc2)ccc1O. The number of Topliss-reactive ketones (excluding diaryl/α,β-unsaturated/α-hetero) is 1. The number of phenols is 1. The van der Waals surface area contributed by atoms with Crippen LogP contribution in [0.2, 0.25) is 0 Å². The molecule has 0 bridgehead atoms. The summed E-state index contributed by atoms with van der Waals surface area (Å²) < 4.78 is 18.5. The van der Waals surface area contributed by atoms with E-state index in [1.807, 2.05) is 0 Å². The van der Waals surface area contributed by atoms with Crippen molar-refractivity contribution >= 4 is 23.1 Å². The molecule has 1 heterocycles. The third kappa shape index (κ3) is 3.50. The van der Waals surface area contributed by atoms with Crippen LogP contribution >= 0.6 is 0 Å². The maximum absolute atomic E-state index is 13.3. The lowest BCUT2D eigenvalue weighted by Gasteiger charge is -2.25. The van der Waals surface area contributed by atoms with Crippen LogP contribution in [0.5, 0.6) is 11.5 Å². The van der Waals surface area contributed by atoms with Crippen molar-refractivity contribution in [1.82, 2.24) is 0 Å². The fourth-order valence-corrected chi connectivity index (χ4v) is 3.63. The lowest BCUT2D eigenvalue weighted by Crippen LogP contribution is -2.29. The topological polar surface area (TPSA) is 87.1 Å². The molecule has 2 N–H and O–H groups in total. The highest BCUT2D eigenvalue weighted by Crippen LogP contribution is 2.43. The zero-order chi connectivity index (χ0) is 22.1. The Balaban J connectivity index is 1.96. The van der Waals surface area contributed by atoms with E-state index >= 15 is 0 Å². The largest absolute Gasteiger partial charge is 0.507 e. The van der Waals surface area contributed by atoms with Crippen LogP contribution in [0.4, 0.5) is 10.1 Å². The third-order valence-corrected chi connectivity index (χ3v) is 5.12. The van der Waals surface area contributed by atoms with E-state index in [4.69, 9.17) is 4.74 Å². The van der Waals surface area contributed by atoms with Gasteiger partial charge < -0.3 is 14.9 Å².